The first-order valence-corrected chi connectivity index (χ1v) is 21.6. The van der Waals surface area contributed by atoms with E-state index >= 15 is 0 Å². The van der Waals surface area contributed by atoms with E-state index in [9.17, 15) is 0 Å². The van der Waals surface area contributed by atoms with E-state index in [1.807, 2.05) is 12.1 Å². The Balaban J connectivity index is 1.70. The zero-order valence-electron chi connectivity index (χ0n) is 38.0. The van der Waals surface area contributed by atoms with Crippen LogP contribution < -0.4 is 0 Å². The fourth-order valence-electron chi connectivity index (χ4n) is 8.37. The lowest BCUT2D eigenvalue weighted by Gasteiger charge is -2.27. The largest absolute Gasteiger partial charge is 0.115 e. The van der Waals surface area contributed by atoms with Crippen LogP contribution in [0.25, 0.3) is 66.8 Å². The van der Waals surface area contributed by atoms with E-state index in [4.69, 9.17) is 6.42 Å². The van der Waals surface area contributed by atoms with Gasteiger partial charge in [-0.15, -0.1) is 6.42 Å². The maximum atomic E-state index is 6.20. The van der Waals surface area contributed by atoms with Crippen molar-refractivity contribution in [2.45, 2.75) is 105 Å². The normalized spacial score (nSPS) is 12.3. The Kier molecular flexibility index (Phi) is 11.2. The SMILES string of the molecule is C#Cc1ccccc1-c1ccccc1-c1cc(-c2ccc(C(C)(C)C)cc2)c(-c2ccc(C(C)(C)C)cc2)c(-c2ccc(C(C)(C)C)cc2)c1-c1ccc(C(C)(C)C)cc1. The van der Waals surface area contributed by atoms with Crippen molar-refractivity contribution < 1.29 is 0 Å². The molecule has 0 heteroatoms. The summed E-state index contributed by atoms with van der Waals surface area (Å²) >= 11 is 0. The molecule has 0 N–H and O–H groups in total. The number of rotatable bonds is 6. The predicted molar refractivity (Wildman–Crippen MR) is 262 cm³/mol. The molecule has 0 bridgehead atoms. The highest BCUT2D eigenvalue weighted by molar-refractivity contribution is 6.09. The van der Waals surface area contributed by atoms with E-state index in [2.05, 4.69) is 229 Å². The van der Waals surface area contributed by atoms with Crippen LogP contribution in [-0.4, -0.2) is 0 Å². The Hall–Kier alpha value is -5.90. The molecule has 0 aliphatic carbocycles. The van der Waals surface area contributed by atoms with Crippen molar-refractivity contribution in [2.24, 2.45) is 0 Å². The van der Waals surface area contributed by atoms with Crippen LogP contribution >= 0.6 is 0 Å². The molecule has 302 valence electrons. The van der Waals surface area contributed by atoms with Gasteiger partial charge in [0.2, 0.25) is 0 Å². The molecule has 60 heavy (non-hydrogen) atoms. The van der Waals surface area contributed by atoms with Gasteiger partial charge in [-0.05, 0) is 123 Å². The summed E-state index contributed by atoms with van der Waals surface area (Å²) < 4.78 is 0. The van der Waals surface area contributed by atoms with Crippen molar-refractivity contribution in [3.63, 3.8) is 0 Å². The standard InChI is InChI=1S/C60H62/c1-14-40-19-15-16-20-49(40)50-21-17-18-22-51(50)53-39-52(41-23-31-45(32-24-41)57(2,3)4)54(42-25-33-46(34-26-42)58(5,6)7)56(44-29-37-48(38-30-44)60(11,12)13)55(53)43-27-35-47(36-28-43)59(8,9)10/h1,15-39H,2-13H3. The average molecular weight is 783 g/mol. The van der Waals surface area contributed by atoms with Gasteiger partial charge in [0, 0.05) is 5.56 Å². The second-order valence-corrected chi connectivity index (χ2v) is 20.6. The molecule has 0 fully saturated rings. The Morgan fingerprint density at radius 2 is 0.600 bits per heavy atom. The van der Waals surface area contributed by atoms with Crippen LogP contribution in [0.1, 0.15) is 111 Å². The van der Waals surface area contributed by atoms with Gasteiger partial charge in [-0.1, -0.05) is 229 Å². The van der Waals surface area contributed by atoms with Crippen LogP contribution in [0.5, 0.6) is 0 Å². The molecular formula is C60H62. The summed E-state index contributed by atoms with van der Waals surface area (Å²) in [6.07, 6.45) is 6.20. The Labute approximate surface area is 361 Å². The molecule has 7 aromatic carbocycles. The van der Waals surface area contributed by atoms with Gasteiger partial charge in [0.1, 0.15) is 0 Å². The fraction of sp³-hybridized carbons (Fsp3) is 0.267. The zero-order valence-corrected chi connectivity index (χ0v) is 38.0. The van der Waals surface area contributed by atoms with Crippen LogP contribution in [-0.2, 0) is 21.7 Å². The lowest BCUT2D eigenvalue weighted by Crippen LogP contribution is -2.11. The summed E-state index contributed by atoms with van der Waals surface area (Å²) in [7, 11) is 0. The maximum absolute atomic E-state index is 6.20. The molecule has 0 saturated heterocycles. The third-order valence-corrected chi connectivity index (χ3v) is 12.1. The van der Waals surface area contributed by atoms with Crippen molar-refractivity contribution >= 4 is 0 Å². The minimum absolute atomic E-state index is 0.0148. The molecule has 0 aromatic heterocycles. The molecule has 7 rings (SSSR count). The number of benzene rings is 7. The first kappa shape index (κ1) is 42.2. The molecule has 0 radical (unpaired) electrons. The second kappa shape index (κ2) is 15.9. The van der Waals surface area contributed by atoms with Crippen molar-refractivity contribution in [1.82, 2.24) is 0 Å². The van der Waals surface area contributed by atoms with Crippen molar-refractivity contribution in [1.29, 1.82) is 0 Å². The van der Waals surface area contributed by atoms with Gasteiger partial charge in [-0.2, -0.15) is 0 Å². The molecule has 0 atom stereocenters. The Morgan fingerprint density at radius 3 is 0.967 bits per heavy atom. The summed E-state index contributed by atoms with van der Waals surface area (Å²) in [4.78, 5) is 0. The fourth-order valence-corrected chi connectivity index (χ4v) is 8.37. The van der Waals surface area contributed by atoms with Gasteiger partial charge in [0.05, 0.1) is 0 Å². The van der Waals surface area contributed by atoms with Gasteiger partial charge >= 0.3 is 0 Å². The van der Waals surface area contributed by atoms with E-state index in [-0.39, 0.29) is 21.7 Å². The van der Waals surface area contributed by atoms with Gasteiger partial charge < -0.3 is 0 Å². The average Bonchev–Trinajstić information content (AvgIpc) is 3.22. The van der Waals surface area contributed by atoms with Crippen molar-refractivity contribution in [3.8, 4) is 79.1 Å². The predicted octanol–water partition coefficient (Wildman–Crippen LogP) is 16.9. The summed E-state index contributed by atoms with van der Waals surface area (Å²) in [6.45, 7) is 27.4. The summed E-state index contributed by atoms with van der Waals surface area (Å²) in [5, 5.41) is 0. The van der Waals surface area contributed by atoms with Crippen molar-refractivity contribution in [2.75, 3.05) is 0 Å². The first-order chi connectivity index (χ1) is 28.3. The highest BCUT2D eigenvalue weighted by Crippen LogP contribution is 2.52. The van der Waals surface area contributed by atoms with E-state index < -0.39 is 0 Å². The second-order valence-electron chi connectivity index (χ2n) is 20.6. The molecule has 0 aliphatic heterocycles. The van der Waals surface area contributed by atoms with Crippen molar-refractivity contribution in [3.05, 3.63) is 179 Å². The first-order valence-electron chi connectivity index (χ1n) is 21.6. The molecule has 0 nitrogen and oxygen atoms in total. The van der Waals surface area contributed by atoms with Crippen LogP contribution in [0.3, 0.4) is 0 Å². The minimum Gasteiger partial charge on any atom is -0.115 e. The number of hydrogen-bond donors (Lipinski definition) is 0. The third kappa shape index (κ3) is 8.56. The molecule has 0 aliphatic rings. The monoisotopic (exact) mass is 782 g/mol. The van der Waals surface area contributed by atoms with Crippen LogP contribution in [0.4, 0.5) is 0 Å². The van der Waals surface area contributed by atoms with E-state index in [1.165, 1.54) is 72.3 Å². The minimum atomic E-state index is 0.0148. The van der Waals surface area contributed by atoms with E-state index in [1.54, 1.807) is 0 Å². The summed E-state index contributed by atoms with van der Waals surface area (Å²) in [5.74, 6) is 2.99. The summed E-state index contributed by atoms with van der Waals surface area (Å²) in [6, 6.07) is 56.9. The van der Waals surface area contributed by atoms with Crippen LogP contribution in [0, 0.1) is 12.3 Å². The van der Waals surface area contributed by atoms with E-state index in [0.29, 0.717) is 0 Å². The Morgan fingerprint density at radius 1 is 0.300 bits per heavy atom. The molecule has 0 saturated carbocycles. The van der Waals surface area contributed by atoms with Gasteiger partial charge in [0.25, 0.3) is 0 Å². The third-order valence-electron chi connectivity index (χ3n) is 12.1. The smallest absolute Gasteiger partial charge is 0.0321 e. The van der Waals surface area contributed by atoms with Gasteiger partial charge in [0.15, 0.2) is 0 Å². The van der Waals surface area contributed by atoms with Gasteiger partial charge in [-0.3, -0.25) is 0 Å². The topological polar surface area (TPSA) is 0 Å². The molecule has 0 spiro atoms. The Bertz CT molecular complexity index is 2660. The highest BCUT2D eigenvalue weighted by atomic mass is 14.3. The highest BCUT2D eigenvalue weighted by Gasteiger charge is 2.27. The maximum Gasteiger partial charge on any atom is 0.0321 e. The molecule has 0 unspecified atom stereocenters. The molecule has 7 aromatic rings. The number of terminal acetylenes is 1. The quantitative estimate of drug-likeness (QED) is 0.147. The number of hydrogen-bond acceptors (Lipinski definition) is 0. The van der Waals surface area contributed by atoms with Crippen LogP contribution in [0.2, 0.25) is 0 Å². The zero-order chi connectivity index (χ0) is 43.2. The molecule has 0 heterocycles. The van der Waals surface area contributed by atoms with E-state index in [0.717, 1.165) is 22.3 Å². The van der Waals surface area contributed by atoms with Gasteiger partial charge in [-0.25, -0.2) is 0 Å². The summed E-state index contributed by atoms with van der Waals surface area (Å²) in [5.41, 5.74) is 20.3. The molecular weight excluding hydrogens is 721 g/mol. The lowest BCUT2D eigenvalue weighted by atomic mass is 9.76. The van der Waals surface area contributed by atoms with Crippen LogP contribution in [0.15, 0.2) is 152 Å². The molecule has 0 amide bonds. The lowest BCUT2D eigenvalue weighted by molar-refractivity contribution is 0.590.